The second-order valence-electron chi connectivity index (χ2n) is 8.28. The Balaban J connectivity index is 1.62. The van der Waals surface area contributed by atoms with Crippen molar-refractivity contribution in [3.63, 3.8) is 0 Å². The Labute approximate surface area is 175 Å². The quantitative estimate of drug-likeness (QED) is 0.694. The molecular weight excluding hydrogens is 397 g/mol. The lowest BCUT2D eigenvalue weighted by Gasteiger charge is -2.33. The summed E-state index contributed by atoms with van der Waals surface area (Å²) in [7, 11) is 0. The van der Waals surface area contributed by atoms with E-state index in [1.807, 2.05) is 20.8 Å². The number of rotatable bonds is 4. The predicted molar refractivity (Wildman–Crippen MR) is 109 cm³/mol. The smallest absolute Gasteiger partial charge is 0.410 e. The van der Waals surface area contributed by atoms with Gasteiger partial charge in [0, 0.05) is 13.1 Å². The SMILES string of the molecule is Cc1nc(OCC2CCN(C(=O)OC(C)(C)C)CC2)n(-c2ccccc2F)c1Cl. The highest BCUT2D eigenvalue weighted by atomic mass is 35.5. The van der Waals surface area contributed by atoms with Crippen molar-refractivity contribution in [1.82, 2.24) is 14.5 Å². The molecule has 1 saturated heterocycles. The number of likely N-dealkylation sites (tertiary alicyclic amines) is 1. The highest BCUT2D eigenvalue weighted by Gasteiger charge is 2.28. The lowest BCUT2D eigenvalue weighted by molar-refractivity contribution is 0.0162. The molecule has 0 saturated carbocycles. The summed E-state index contributed by atoms with van der Waals surface area (Å²) in [5, 5.41) is 0.324. The Morgan fingerprint density at radius 2 is 1.93 bits per heavy atom. The van der Waals surface area contributed by atoms with E-state index in [1.165, 1.54) is 10.6 Å². The average molecular weight is 424 g/mol. The maximum Gasteiger partial charge on any atom is 0.410 e. The molecule has 0 atom stereocenters. The zero-order valence-electron chi connectivity index (χ0n) is 17.2. The molecule has 1 aromatic heterocycles. The molecule has 1 aliphatic heterocycles. The summed E-state index contributed by atoms with van der Waals surface area (Å²) < 4.78 is 27.1. The average Bonchev–Trinajstić information content (AvgIpc) is 2.93. The lowest BCUT2D eigenvalue weighted by atomic mass is 9.98. The second-order valence-corrected chi connectivity index (χ2v) is 8.64. The maximum atomic E-state index is 14.3. The Bertz CT molecular complexity index is 871. The summed E-state index contributed by atoms with van der Waals surface area (Å²) in [6.45, 7) is 8.98. The number of piperidine rings is 1. The summed E-state index contributed by atoms with van der Waals surface area (Å²) in [6, 6.07) is 6.63. The summed E-state index contributed by atoms with van der Waals surface area (Å²) in [5.41, 5.74) is 0.371. The monoisotopic (exact) mass is 423 g/mol. The Morgan fingerprint density at radius 1 is 1.28 bits per heavy atom. The minimum absolute atomic E-state index is 0.263. The van der Waals surface area contributed by atoms with E-state index >= 15 is 0 Å². The molecule has 0 bridgehead atoms. The van der Waals surface area contributed by atoms with Crippen molar-refractivity contribution in [2.75, 3.05) is 19.7 Å². The number of ether oxygens (including phenoxy) is 2. The van der Waals surface area contributed by atoms with Crippen molar-refractivity contribution in [2.45, 2.75) is 46.1 Å². The number of hydrogen-bond acceptors (Lipinski definition) is 4. The maximum absolute atomic E-state index is 14.3. The van der Waals surface area contributed by atoms with Gasteiger partial charge in [-0.15, -0.1) is 0 Å². The highest BCUT2D eigenvalue weighted by Crippen LogP contribution is 2.30. The molecule has 0 N–H and O–H groups in total. The van der Waals surface area contributed by atoms with Crippen molar-refractivity contribution in [1.29, 1.82) is 0 Å². The molecule has 158 valence electrons. The number of halogens is 2. The van der Waals surface area contributed by atoms with Crippen molar-refractivity contribution in [2.24, 2.45) is 5.92 Å². The number of carbonyl (C=O) groups excluding carboxylic acids is 1. The van der Waals surface area contributed by atoms with Gasteiger partial charge in [-0.1, -0.05) is 23.7 Å². The van der Waals surface area contributed by atoms with Crippen LogP contribution in [0.3, 0.4) is 0 Å². The van der Waals surface area contributed by atoms with Crippen LogP contribution in [0.5, 0.6) is 6.01 Å². The minimum Gasteiger partial charge on any atom is -0.464 e. The fraction of sp³-hybridized carbons (Fsp3) is 0.524. The number of para-hydroxylation sites is 1. The largest absolute Gasteiger partial charge is 0.464 e. The lowest BCUT2D eigenvalue weighted by Crippen LogP contribution is -2.42. The Kier molecular flexibility index (Phi) is 6.36. The van der Waals surface area contributed by atoms with Crippen molar-refractivity contribution < 1.29 is 18.7 Å². The second kappa shape index (κ2) is 8.61. The molecule has 6 nitrogen and oxygen atoms in total. The minimum atomic E-state index is -0.502. The zero-order chi connectivity index (χ0) is 21.2. The third kappa shape index (κ3) is 5.21. The van der Waals surface area contributed by atoms with Crippen LogP contribution in [0.2, 0.25) is 5.15 Å². The summed E-state index contributed by atoms with van der Waals surface area (Å²) >= 11 is 6.34. The van der Waals surface area contributed by atoms with Crippen LogP contribution in [-0.4, -0.2) is 45.8 Å². The number of carbonyl (C=O) groups is 1. The molecule has 0 unspecified atom stereocenters. The van der Waals surface area contributed by atoms with E-state index in [1.54, 1.807) is 30.0 Å². The molecule has 2 aromatic rings. The molecule has 1 fully saturated rings. The highest BCUT2D eigenvalue weighted by molar-refractivity contribution is 6.30. The topological polar surface area (TPSA) is 56.6 Å². The van der Waals surface area contributed by atoms with Crippen LogP contribution in [0.25, 0.3) is 5.69 Å². The molecule has 2 heterocycles. The summed E-state index contributed by atoms with van der Waals surface area (Å²) in [4.78, 5) is 18.3. The van der Waals surface area contributed by atoms with E-state index in [0.29, 0.717) is 36.2 Å². The summed E-state index contributed by atoms with van der Waals surface area (Å²) in [5.74, 6) is -0.138. The number of hydrogen-bond donors (Lipinski definition) is 0. The van der Waals surface area contributed by atoms with E-state index in [-0.39, 0.29) is 18.0 Å². The van der Waals surface area contributed by atoms with Gasteiger partial charge in [-0.2, -0.15) is 4.98 Å². The molecule has 8 heteroatoms. The van der Waals surface area contributed by atoms with Gasteiger partial charge in [0.1, 0.15) is 16.6 Å². The molecule has 1 aromatic carbocycles. The van der Waals surface area contributed by atoms with Gasteiger partial charge in [-0.05, 0) is 58.6 Å². The van der Waals surface area contributed by atoms with E-state index < -0.39 is 11.4 Å². The molecule has 29 heavy (non-hydrogen) atoms. The third-order valence-electron chi connectivity index (χ3n) is 4.76. The number of aryl methyl sites for hydroxylation is 1. The van der Waals surface area contributed by atoms with E-state index in [4.69, 9.17) is 21.1 Å². The van der Waals surface area contributed by atoms with Crippen LogP contribution in [0, 0.1) is 18.7 Å². The Morgan fingerprint density at radius 3 is 2.55 bits per heavy atom. The van der Waals surface area contributed by atoms with Crippen LogP contribution in [-0.2, 0) is 4.74 Å². The van der Waals surface area contributed by atoms with Gasteiger partial charge in [0.25, 0.3) is 0 Å². The molecule has 1 aliphatic rings. The van der Waals surface area contributed by atoms with Crippen molar-refractivity contribution in [3.8, 4) is 11.7 Å². The molecule has 3 rings (SSSR count). The molecule has 1 amide bonds. The first-order valence-electron chi connectivity index (χ1n) is 9.76. The number of amides is 1. The van der Waals surface area contributed by atoms with Gasteiger partial charge in [-0.25, -0.2) is 13.8 Å². The Hall–Kier alpha value is -2.28. The van der Waals surface area contributed by atoms with Gasteiger partial charge in [0.05, 0.1) is 18.0 Å². The first-order chi connectivity index (χ1) is 13.7. The van der Waals surface area contributed by atoms with Crippen LogP contribution < -0.4 is 4.74 Å². The molecule has 0 aliphatic carbocycles. The van der Waals surface area contributed by atoms with Crippen LogP contribution in [0.4, 0.5) is 9.18 Å². The fourth-order valence-electron chi connectivity index (χ4n) is 3.23. The fourth-order valence-corrected chi connectivity index (χ4v) is 3.43. The molecule has 0 spiro atoms. The van der Waals surface area contributed by atoms with Gasteiger partial charge in [0.2, 0.25) is 0 Å². The number of benzene rings is 1. The first-order valence-corrected chi connectivity index (χ1v) is 10.1. The van der Waals surface area contributed by atoms with Crippen LogP contribution in [0.15, 0.2) is 24.3 Å². The normalized spacial score (nSPS) is 15.4. The van der Waals surface area contributed by atoms with E-state index in [0.717, 1.165) is 12.8 Å². The first kappa shape index (κ1) is 21.4. The van der Waals surface area contributed by atoms with Crippen LogP contribution in [0.1, 0.15) is 39.3 Å². The van der Waals surface area contributed by atoms with Crippen molar-refractivity contribution >= 4 is 17.7 Å². The van der Waals surface area contributed by atoms with Gasteiger partial charge < -0.3 is 14.4 Å². The number of aromatic nitrogens is 2. The summed E-state index contributed by atoms with van der Waals surface area (Å²) in [6.07, 6.45) is 1.31. The van der Waals surface area contributed by atoms with Crippen LogP contribution >= 0.6 is 11.6 Å². The molecular formula is C21H27ClFN3O3. The van der Waals surface area contributed by atoms with Gasteiger partial charge >= 0.3 is 12.1 Å². The van der Waals surface area contributed by atoms with E-state index in [9.17, 15) is 9.18 Å². The number of imidazole rings is 1. The van der Waals surface area contributed by atoms with Gasteiger partial charge in [-0.3, -0.25) is 0 Å². The third-order valence-corrected chi connectivity index (χ3v) is 5.20. The van der Waals surface area contributed by atoms with E-state index in [2.05, 4.69) is 4.98 Å². The molecule has 0 radical (unpaired) electrons. The standard InChI is InChI=1S/C21H27ClFN3O3/c1-14-18(22)26(17-8-6-5-7-16(17)23)19(24-14)28-13-15-9-11-25(12-10-15)20(27)29-21(2,3)4/h5-8,15H,9-13H2,1-4H3. The van der Waals surface area contributed by atoms with Gasteiger partial charge in [0.15, 0.2) is 0 Å². The number of nitrogens with zero attached hydrogens (tertiary/aromatic N) is 3. The van der Waals surface area contributed by atoms with Crippen molar-refractivity contribution in [3.05, 3.63) is 40.9 Å². The zero-order valence-corrected chi connectivity index (χ0v) is 18.0. The predicted octanol–water partition coefficient (Wildman–Crippen LogP) is 5.00.